The molecule has 2 rings (SSSR count). The second kappa shape index (κ2) is 4.83. The third-order valence-corrected chi connectivity index (χ3v) is 3.88. The van der Waals surface area contributed by atoms with Crippen molar-refractivity contribution < 1.29 is 5.21 Å². The van der Waals surface area contributed by atoms with Crippen molar-refractivity contribution in [2.45, 2.75) is 25.3 Å². The molecule has 0 aromatic carbocycles. The quantitative estimate of drug-likeness (QED) is 0.438. The van der Waals surface area contributed by atoms with Crippen LogP contribution in [0.3, 0.4) is 0 Å². The van der Waals surface area contributed by atoms with Gasteiger partial charge >= 0.3 is 0 Å². The van der Waals surface area contributed by atoms with E-state index < -0.39 is 0 Å². The van der Waals surface area contributed by atoms with Gasteiger partial charge in [0.25, 0.3) is 0 Å². The molecule has 0 spiro atoms. The summed E-state index contributed by atoms with van der Waals surface area (Å²) in [4.78, 5) is 2.30. The second-order valence-electron chi connectivity index (χ2n) is 4.77. The van der Waals surface area contributed by atoms with Crippen molar-refractivity contribution in [3.05, 3.63) is 25.3 Å². The van der Waals surface area contributed by atoms with Crippen molar-refractivity contribution in [3.8, 4) is 0 Å². The molecule has 0 saturated heterocycles. The summed E-state index contributed by atoms with van der Waals surface area (Å²) in [5.41, 5.74) is 0.986. The van der Waals surface area contributed by atoms with Crippen LogP contribution in [0, 0.1) is 11.8 Å². The smallest absolute Gasteiger partial charge is 0.0775 e. The van der Waals surface area contributed by atoms with Crippen LogP contribution < -0.4 is 0 Å². The molecule has 3 unspecified atom stereocenters. The Morgan fingerprint density at radius 2 is 2.00 bits per heavy atom. The highest BCUT2D eigenvalue weighted by atomic mass is 16.4. The first-order valence-corrected chi connectivity index (χ1v) is 5.99. The minimum atomic E-state index is 0.305. The molecule has 0 heterocycles. The highest BCUT2D eigenvalue weighted by molar-refractivity contribution is 5.94. The SMILES string of the molecule is C=CCN(CC=C)C1C(=NO)C2CCC1C2. The Hall–Kier alpha value is -1.09. The number of fused-ring (bicyclic) bond motifs is 2. The minimum absolute atomic E-state index is 0.305. The molecule has 2 aliphatic rings. The van der Waals surface area contributed by atoms with Crippen LogP contribution in [0.25, 0.3) is 0 Å². The third kappa shape index (κ3) is 1.80. The lowest BCUT2D eigenvalue weighted by atomic mass is 9.92. The molecule has 2 fully saturated rings. The second-order valence-corrected chi connectivity index (χ2v) is 4.77. The van der Waals surface area contributed by atoms with Gasteiger partial charge in [0.1, 0.15) is 0 Å². The van der Waals surface area contributed by atoms with Crippen LogP contribution in [0.5, 0.6) is 0 Å². The largest absolute Gasteiger partial charge is 0.411 e. The summed E-state index contributed by atoms with van der Waals surface area (Å²) < 4.78 is 0. The number of oxime groups is 1. The van der Waals surface area contributed by atoms with Gasteiger partial charge in [-0.1, -0.05) is 17.3 Å². The van der Waals surface area contributed by atoms with E-state index in [4.69, 9.17) is 5.21 Å². The van der Waals surface area contributed by atoms with Crippen LogP contribution in [-0.4, -0.2) is 35.0 Å². The van der Waals surface area contributed by atoms with Gasteiger partial charge in [-0.15, -0.1) is 13.2 Å². The molecule has 2 bridgehead atoms. The van der Waals surface area contributed by atoms with Gasteiger partial charge in [0.2, 0.25) is 0 Å². The molecule has 0 aliphatic heterocycles. The van der Waals surface area contributed by atoms with E-state index in [-0.39, 0.29) is 0 Å². The molecule has 3 nitrogen and oxygen atoms in total. The third-order valence-electron chi connectivity index (χ3n) is 3.88. The molecule has 0 radical (unpaired) electrons. The Morgan fingerprint density at radius 1 is 1.31 bits per heavy atom. The molecular weight excluding hydrogens is 200 g/mol. The first-order valence-electron chi connectivity index (χ1n) is 5.99. The summed E-state index contributed by atoms with van der Waals surface area (Å²) in [6.45, 7) is 9.24. The van der Waals surface area contributed by atoms with Gasteiger partial charge in [0.05, 0.1) is 11.8 Å². The van der Waals surface area contributed by atoms with Crippen molar-refractivity contribution in [3.63, 3.8) is 0 Å². The number of nitrogens with zero attached hydrogens (tertiary/aromatic N) is 2. The van der Waals surface area contributed by atoms with E-state index in [2.05, 4.69) is 23.2 Å². The van der Waals surface area contributed by atoms with Crippen LogP contribution in [0.1, 0.15) is 19.3 Å². The van der Waals surface area contributed by atoms with Crippen LogP contribution in [0.2, 0.25) is 0 Å². The molecule has 88 valence electrons. The van der Waals surface area contributed by atoms with Gasteiger partial charge in [-0.05, 0) is 25.2 Å². The number of rotatable bonds is 5. The maximum atomic E-state index is 9.15. The summed E-state index contributed by atoms with van der Waals surface area (Å²) in [7, 11) is 0. The van der Waals surface area contributed by atoms with E-state index in [1.165, 1.54) is 19.3 Å². The van der Waals surface area contributed by atoms with Crippen LogP contribution in [-0.2, 0) is 0 Å². The summed E-state index contributed by atoms with van der Waals surface area (Å²) in [6.07, 6.45) is 7.46. The van der Waals surface area contributed by atoms with E-state index in [1.807, 2.05) is 12.2 Å². The fourth-order valence-electron chi connectivity index (χ4n) is 3.31. The van der Waals surface area contributed by atoms with Crippen molar-refractivity contribution in [2.24, 2.45) is 17.0 Å². The molecule has 0 amide bonds. The standard InChI is InChI=1S/C13H20N2O/c1-3-7-15(8-4-2)13-11-6-5-10(9-11)12(13)14-16/h3-4,10-11,13,16H,1-2,5-9H2. The average molecular weight is 220 g/mol. The monoisotopic (exact) mass is 220 g/mol. The Labute approximate surface area is 97.1 Å². The normalized spacial score (nSPS) is 34.8. The van der Waals surface area contributed by atoms with Crippen molar-refractivity contribution in [1.82, 2.24) is 4.90 Å². The van der Waals surface area contributed by atoms with E-state index in [0.29, 0.717) is 17.9 Å². The van der Waals surface area contributed by atoms with Crippen LogP contribution in [0.4, 0.5) is 0 Å². The fraction of sp³-hybridized carbons (Fsp3) is 0.615. The van der Waals surface area contributed by atoms with Crippen molar-refractivity contribution >= 4 is 5.71 Å². The van der Waals surface area contributed by atoms with Gasteiger partial charge in [-0.25, -0.2) is 0 Å². The predicted molar refractivity (Wildman–Crippen MR) is 65.8 cm³/mol. The zero-order valence-corrected chi connectivity index (χ0v) is 9.68. The highest BCUT2D eigenvalue weighted by Crippen LogP contribution is 2.44. The molecule has 3 atom stereocenters. The molecule has 16 heavy (non-hydrogen) atoms. The molecule has 1 N–H and O–H groups in total. The lowest BCUT2D eigenvalue weighted by Crippen LogP contribution is -2.45. The summed E-state index contributed by atoms with van der Waals surface area (Å²) >= 11 is 0. The van der Waals surface area contributed by atoms with Gasteiger partial charge < -0.3 is 5.21 Å². The van der Waals surface area contributed by atoms with Crippen molar-refractivity contribution in [2.75, 3.05) is 13.1 Å². The zero-order valence-electron chi connectivity index (χ0n) is 9.68. The number of hydrogen-bond donors (Lipinski definition) is 1. The van der Waals surface area contributed by atoms with Gasteiger partial charge in [-0.2, -0.15) is 0 Å². The summed E-state index contributed by atoms with van der Waals surface area (Å²) in [5.74, 6) is 1.17. The van der Waals surface area contributed by atoms with Gasteiger partial charge in [-0.3, -0.25) is 4.90 Å². The van der Waals surface area contributed by atoms with Gasteiger partial charge in [0, 0.05) is 19.0 Å². The molecule has 0 aromatic rings. The fourth-order valence-corrected chi connectivity index (χ4v) is 3.31. The van der Waals surface area contributed by atoms with Crippen molar-refractivity contribution in [1.29, 1.82) is 0 Å². The first kappa shape index (κ1) is 11.4. The minimum Gasteiger partial charge on any atom is -0.411 e. The Morgan fingerprint density at radius 3 is 2.56 bits per heavy atom. The highest BCUT2D eigenvalue weighted by Gasteiger charge is 2.47. The summed E-state index contributed by atoms with van der Waals surface area (Å²) in [6, 6.07) is 0.305. The molecule has 2 aliphatic carbocycles. The van der Waals surface area contributed by atoms with E-state index in [0.717, 1.165) is 18.8 Å². The van der Waals surface area contributed by atoms with Gasteiger partial charge in [0.15, 0.2) is 0 Å². The Kier molecular flexibility index (Phi) is 3.44. The number of hydrogen-bond acceptors (Lipinski definition) is 3. The molecule has 2 saturated carbocycles. The lowest BCUT2D eigenvalue weighted by Gasteiger charge is -2.33. The topological polar surface area (TPSA) is 35.8 Å². The average Bonchev–Trinajstić information content (AvgIpc) is 2.88. The first-order chi connectivity index (χ1) is 7.81. The van der Waals surface area contributed by atoms with E-state index in [9.17, 15) is 0 Å². The van der Waals surface area contributed by atoms with Crippen LogP contribution in [0.15, 0.2) is 30.5 Å². The predicted octanol–water partition coefficient (Wildman–Crippen LogP) is 2.29. The van der Waals surface area contributed by atoms with E-state index in [1.54, 1.807) is 0 Å². The molecule has 0 aromatic heterocycles. The Balaban J connectivity index is 2.16. The van der Waals surface area contributed by atoms with E-state index >= 15 is 0 Å². The summed E-state index contributed by atoms with van der Waals surface area (Å²) in [5, 5.41) is 12.7. The zero-order chi connectivity index (χ0) is 11.5. The molecule has 3 heteroatoms. The van der Waals surface area contributed by atoms with Crippen LogP contribution >= 0.6 is 0 Å². The lowest BCUT2D eigenvalue weighted by molar-refractivity contribution is 0.228. The molecular formula is C13H20N2O. The maximum Gasteiger partial charge on any atom is 0.0775 e. The maximum absolute atomic E-state index is 9.15. The Bertz CT molecular complexity index is 301.